The zero-order chi connectivity index (χ0) is 14.3. The molecule has 1 amide bonds. The molecule has 0 bridgehead atoms. The first-order valence-electron chi connectivity index (χ1n) is 5.80. The highest BCUT2D eigenvalue weighted by atomic mass is 35.5. The fourth-order valence-electron chi connectivity index (χ4n) is 2.00. The van der Waals surface area contributed by atoms with E-state index < -0.39 is 5.91 Å². The Hall–Kier alpha value is -2.04. The van der Waals surface area contributed by atoms with Crippen LogP contribution in [0, 0.1) is 0 Å². The van der Waals surface area contributed by atoms with Gasteiger partial charge in [0.1, 0.15) is 11.3 Å². The van der Waals surface area contributed by atoms with E-state index >= 15 is 0 Å². The first-order valence-corrected chi connectivity index (χ1v) is 6.56. The standard InChI is InChI=1S/C14H9Cl2N3O/c15-9-4-2-1-3-8(9)14-18-11-6-7(13(17)20)5-10(16)12(11)19-14/h1-6H,(H2,17,20)(H,18,19). The number of benzene rings is 2. The fourth-order valence-corrected chi connectivity index (χ4v) is 2.49. The average molecular weight is 306 g/mol. The smallest absolute Gasteiger partial charge is 0.248 e. The summed E-state index contributed by atoms with van der Waals surface area (Å²) in [6.45, 7) is 0. The summed E-state index contributed by atoms with van der Waals surface area (Å²) >= 11 is 12.3. The monoisotopic (exact) mass is 305 g/mol. The Morgan fingerprint density at radius 3 is 2.60 bits per heavy atom. The van der Waals surface area contributed by atoms with E-state index in [2.05, 4.69) is 9.97 Å². The summed E-state index contributed by atoms with van der Waals surface area (Å²) in [6, 6.07) is 10.5. The van der Waals surface area contributed by atoms with Crippen molar-refractivity contribution in [1.29, 1.82) is 0 Å². The third-order valence-corrected chi connectivity index (χ3v) is 3.57. The minimum absolute atomic E-state index is 0.330. The lowest BCUT2D eigenvalue weighted by Gasteiger charge is -1.98. The van der Waals surface area contributed by atoms with E-state index in [1.165, 1.54) is 6.07 Å². The summed E-state index contributed by atoms with van der Waals surface area (Å²) in [5, 5.41) is 0.948. The number of nitrogens with two attached hydrogens (primary N) is 1. The molecular weight excluding hydrogens is 297 g/mol. The van der Waals surface area contributed by atoms with Gasteiger partial charge in [0.05, 0.1) is 15.6 Å². The van der Waals surface area contributed by atoms with Crippen molar-refractivity contribution < 1.29 is 4.79 Å². The van der Waals surface area contributed by atoms with Gasteiger partial charge in [-0.3, -0.25) is 4.79 Å². The van der Waals surface area contributed by atoms with Gasteiger partial charge >= 0.3 is 0 Å². The van der Waals surface area contributed by atoms with Crippen molar-refractivity contribution >= 4 is 40.1 Å². The van der Waals surface area contributed by atoms with Crippen molar-refractivity contribution in [3.05, 3.63) is 52.0 Å². The van der Waals surface area contributed by atoms with Gasteiger partial charge in [0, 0.05) is 11.1 Å². The van der Waals surface area contributed by atoms with Crippen LogP contribution in [0.5, 0.6) is 0 Å². The fraction of sp³-hybridized carbons (Fsp3) is 0. The van der Waals surface area contributed by atoms with Crippen molar-refractivity contribution in [3.8, 4) is 11.4 Å². The van der Waals surface area contributed by atoms with E-state index in [0.29, 0.717) is 32.5 Å². The summed E-state index contributed by atoms with van der Waals surface area (Å²) < 4.78 is 0. The number of halogens is 2. The SMILES string of the molecule is NC(=O)c1cc(Cl)c2nc(-c3ccccc3Cl)[nH]c2c1. The Morgan fingerprint density at radius 1 is 1.15 bits per heavy atom. The molecule has 0 aliphatic carbocycles. The van der Waals surface area contributed by atoms with Crippen LogP contribution in [-0.4, -0.2) is 15.9 Å². The number of nitrogens with zero attached hydrogens (tertiary/aromatic N) is 1. The lowest BCUT2D eigenvalue weighted by molar-refractivity contribution is 0.100. The quantitative estimate of drug-likeness (QED) is 0.758. The van der Waals surface area contributed by atoms with Gasteiger partial charge in [-0.05, 0) is 24.3 Å². The molecule has 0 spiro atoms. The third-order valence-electron chi connectivity index (χ3n) is 2.95. The molecule has 3 rings (SSSR count). The van der Waals surface area contributed by atoms with Crippen LogP contribution < -0.4 is 5.73 Å². The molecule has 3 N–H and O–H groups in total. The average Bonchev–Trinajstić information content (AvgIpc) is 2.83. The molecule has 0 radical (unpaired) electrons. The Kier molecular flexibility index (Phi) is 3.12. The van der Waals surface area contributed by atoms with Crippen molar-refractivity contribution in [1.82, 2.24) is 9.97 Å². The second-order valence-electron chi connectivity index (χ2n) is 4.28. The summed E-state index contributed by atoms with van der Waals surface area (Å²) in [6.07, 6.45) is 0. The van der Waals surface area contributed by atoms with Crippen LogP contribution in [0.4, 0.5) is 0 Å². The zero-order valence-electron chi connectivity index (χ0n) is 10.2. The van der Waals surface area contributed by atoms with Gasteiger partial charge in [-0.1, -0.05) is 35.3 Å². The molecule has 20 heavy (non-hydrogen) atoms. The van der Waals surface area contributed by atoms with E-state index in [4.69, 9.17) is 28.9 Å². The third kappa shape index (κ3) is 2.13. The largest absolute Gasteiger partial charge is 0.366 e. The maximum atomic E-state index is 11.2. The second kappa shape index (κ2) is 4.81. The predicted molar refractivity (Wildman–Crippen MR) is 80.1 cm³/mol. The molecule has 0 saturated heterocycles. The Balaban J connectivity index is 2.23. The van der Waals surface area contributed by atoms with Crippen LogP contribution in [0.15, 0.2) is 36.4 Å². The van der Waals surface area contributed by atoms with Crippen molar-refractivity contribution in [3.63, 3.8) is 0 Å². The number of H-pyrrole nitrogens is 1. The molecule has 1 aromatic heterocycles. The van der Waals surface area contributed by atoms with E-state index in [9.17, 15) is 4.79 Å². The molecule has 100 valence electrons. The molecule has 2 aromatic carbocycles. The van der Waals surface area contributed by atoms with Crippen LogP contribution in [0.2, 0.25) is 10.0 Å². The molecular formula is C14H9Cl2N3O. The normalized spacial score (nSPS) is 10.9. The number of hydrogen-bond donors (Lipinski definition) is 2. The Bertz CT molecular complexity index is 826. The molecule has 1 heterocycles. The first kappa shape index (κ1) is 13.0. The van der Waals surface area contributed by atoms with Gasteiger partial charge < -0.3 is 10.7 Å². The first-order chi connectivity index (χ1) is 9.56. The minimum atomic E-state index is -0.539. The number of imidazole rings is 1. The Morgan fingerprint density at radius 2 is 1.90 bits per heavy atom. The molecule has 0 aliphatic rings. The zero-order valence-corrected chi connectivity index (χ0v) is 11.7. The lowest BCUT2D eigenvalue weighted by Crippen LogP contribution is -2.10. The molecule has 0 aliphatic heterocycles. The van der Waals surface area contributed by atoms with Crippen LogP contribution in [0.25, 0.3) is 22.4 Å². The molecule has 6 heteroatoms. The number of fused-ring (bicyclic) bond motifs is 1. The van der Waals surface area contributed by atoms with Gasteiger partial charge in [-0.25, -0.2) is 4.98 Å². The Labute approximate surface area is 124 Å². The highest BCUT2D eigenvalue weighted by Crippen LogP contribution is 2.30. The molecule has 0 unspecified atom stereocenters. The maximum Gasteiger partial charge on any atom is 0.248 e. The van der Waals surface area contributed by atoms with Crippen molar-refractivity contribution in [2.75, 3.05) is 0 Å². The second-order valence-corrected chi connectivity index (χ2v) is 5.10. The lowest BCUT2D eigenvalue weighted by atomic mass is 10.2. The van der Waals surface area contributed by atoms with Gasteiger partial charge in [0.2, 0.25) is 5.91 Å². The number of carbonyl (C=O) groups is 1. The summed E-state index contributed by atoms with van der Waals surface area (Å²) in [5.41, 5.74) is 7.57. The van der Waals surface area contributed by atoms with E-state index in [-0.39, 0.29) is 0 Å². The van der Waals surface area contributed by atoms with Gasteiger partial charge in [-0.15, -0.1) is 0 Å². The predicted octanol–water partition coefficient (Wildman–Crippen LogP) is 3.64. The number of nitrogens with one attached hydrogen (secondary N) is 1. The van der Waals surface area contributed by atoms with Crippen LogP contribution in [0.1, 0.15) is 10.4 Å². The summed E-state index contributed by atoms with van der Waals surface area (Å²) in [5.74, 6) is 0.0526. The van der Waals surface area contributed by atoms with E-state index in [0.717, 1.165) is 5.56 Å². The van der Waals surface area contributed by atoms with Crippen molar-refractivity contribution in [2.24, 2.45) is 5.73 Å². The number of hydrogen-bond acceptors (Lipinski definition) is 2. The topological polar surface area (TPSA) is 71.8 Å². The number of carbonyl (C=O) groups excluding carboxylic acids is 1. The number of amides is 1. The number of aromatic amines is 1. The molecule has 4 nitrogen and oxygen atoms in total. The molecule has 0 saturated carbocycles. The van der Waals surface area contributed by atoms with Gasteiger partial charge in [0.25, 0.3) is 0 Å². The molecule has 3 aromatic rings. The minimum Gasteiger partial charge on any atom is -0.366 e. The van der Waals surface area contributed by atoms with E-state index in [1.54, 1.807) is 12.1 Å². The number of rotatable bonds is 2. The number of aromatic nitrogens is 2. The van der Waals surface area contributed by atoms with Gasteiger partial charge in [0.15, 0.2) is 0 Å². The highest BCUT2D eigenvalue weighted by Gasteiger charge is 2.13. The van der Waals surface area contributed by atoms with Gasteiger partial charge in [-0.2, -0.15) is 0 Å². The number of primary amides is 1. The van der Waals surface area contributed by atoms with Crippen LogP contribution in [0.3, 0.4) is 0 Å². The van der Waals surface area contributed by atoms with Crippen LogP contribution >= 0.6 is 23.2 Å². The summed E-state index contributed by atoms with van der Waals surface area (Å²) in [7, 11) is 0. The van der Waals surface area contributed by atoms with Crippen LogP contribution in [-0.2, 0) is 0 Å². The highest BCUT2D eigenvalue weighted by molar-refractivity contribution is 6.35. The molecule has 0 fully saturated rings. The van der Waals surface area contributed by atoms with E-state index in [1.807, 2.05) is 18.2 Å². The maximum absolute atomic E-state index is 11.2. The van der Waals surface area contributed by atoms with Crippen molar-refractivity contribution in [2.45, 2.75) is 0 Å². The molecule has 0 atom stereocenters. The summed E-state index contributed by atoms with van der Waals surface area (Å²) in [4.78, 5) is 18.8.